The fraction of sp³-hybridized carbons (Fsp3) is 0.0667. The summed E-state index contributed by atoms with van der Waals surface area (Å²) < 4.78 is 0. The quantitative estimate of drug-likeness (QED) is 0.620. The fourth-order valence-electron chi connectivity index (χ4n) is 2.13. The van der Waals surface area contributed by atoms with Crippen molar-refractivity contribution in [1.29, 1.82) is 5.26 Å². The molecule has 1 aromatic heterocycles. The van der Waals surface area contributed by atoms with E-state index in [0.717, 1.165) is 22.3 Å². The number of fused-ring (bicyclic) bond motifs is 1. The van der Waals surface area contributed by atoms with E-state index in [9.17, 15) is 5.26 Å². The van der Waals surface area contributed by atoms with Crippen LogP contribution in [0.15, 0.2) is 36.4 Å². The number of nitrogens with zero attached hydrogens (tertiary/aromatic N) is 2. The van der Waals surface area contributed by atoms with Gasteiger partial charge in [-0.2, -0.15) is 5.26 Å². The Kier molecular flexibility index (Phi) is 2.77. The number of anilines is 3. The van der Waals surface area contributed by atoms with Crippen molar-refractivity contribution < 1.29 is 0 Å². The van der Waals surface area contributed by atoms with E-state index in [1.54, 1.807) is 6.07 Å². The summed E-state index contributed by atoms with van der Waals surface area (Å²) in [4.78, 5) is 7.57. The van der Waals surface area contributed by atoms with Crippen LogP contribution in [0.25, 0.3) is 11.0 Å². The van der Waals surface area contributed by atoms with Crippen molar-refractivity contribution in [3.63, 3.8) is 0 Å². The normalized spacial score (nSPS) is 10.4. The molecule has 3 aromatic rings. The van der Waals surface area contributed by atoms with Crippen LogP contribution in [-0.4, -0.2) is 9.97 Å². The van der Waals surface area contributed by atoms with E-state index in [1.165, 1.54) is 0 Å². The van der Waals surface area contributed by atoms with Gasteiger partial charge in [-0.3, -0.25) is 0 Å². The first-order valence-corrected chi connectivity index (χ1v) is 6.19. The van der Waals surface area contributed by atoms with Crippen LogP contribution in [0.2, 0.25) is 0 Å². The number of H-pyrrole nitrogens is 1. The number of nitrogens with two attached hydrogens (primary N) is 1. The van der Waals surface area contributed by atoms with E-state index in [0.29, 0.717) is 17.2 Å². The van der Waals surface area contributed by atoms with Crippen LogP contribution in [0.4, 0.5) is 17.3 Å². The van der Waals surface area contributed by atoms with Crippen molar-refractivity contribution in [2.75, 3.05) is 11.1 Å². The molecular formula is C15H13N5. The molecule has 2 aromatic carbocycles. The van der Waals surface area contributed by atoms with E-state index in [2.05, 4.69) is 21.4 Å². The summed E-state index contributed by atoms with van der Waals surface area (Å²) >= 11 is 0. The van der Waals surface area contributed by atoms with Gasteiger partial charge in [0.15, 0.2) is 0 Å². The first kappa shape index (κ1) is 12.1. The molecule has 0 aliphatic carbocycles. The van der Waals surface area contributed by atoms with E-state index < -0.39 is 0 Å². The minimum atomic E-state index is 0.590. The molecule has 0 fully saturated rings. The Hall–Kier alpha value is -3.00. The van der Waals surface area contributed by atoms with Crippen molar-refractivity contribution in [1.82, 2.24) is 9.97 Å². The first-order chi connectivity index (χ1) is 9.67. The molecule has 0 unspecified atom stereocenters. The molecule has 5 nitrogen and oxygen atoms in total. The molecule has 20 heavy (non-hydrogen) atoms. The van der Waals surface area contributed by atoms with E-state index in [4.69, 9.17) is 5.73 Å². The third-order valence-corrected chi connectivity index (χ3v) is 3.14. The molecular weight excluding hydrogens is 250 g/mol. The summed E-state index contributed by atoms with van der Waals surface area (Å²) in [7, 11) is 0. The lowest BCUT2D eigenvalue weighted by Crippen LogP contribution is -1.96. The number of aromatic nitrogens is 2. The maximum atomic E-state index is 9.22. The summed E-state index contributed by atoms with van der Waals surface area (Å²) in [6, 6.07) is 13.4. The van der Waals surface area contributed by atoms with Crippen molar-refractivity contribution in [3.8, 4) is 6.07 Å². The van der Waals surface area contributed by atoms with Crippen LogP contribution in [0, 0.1) is 18.3 Å². The fourth-order valence-corrected chi connectivity index (χ4v) is 2.13. The zero-order chi connectivity index (χ0) is 14.1. The third-order valence-electron chi connectivity index (χ3n) is 3.14. The number of benzene rings is 2. The standard InChI is InChI=1S/C15H13N5/c1-9-3-2-4-12(11(9)8-16)18-15-19-13-6-5-10(17)7-14(13)20-15/h2-7H,17H2,1H3,(H2,18,19,20). The van der Waals surface area contributed by atoms with Gasteiger partial charge >= 0.3 is 0 Å². The molecule has 5 heteroatoms. The van der Waals surface area contributed by atoms with Gasteiger partial charge in [-0.25, -0.2) is 4.98 Å². The van der Waals surface area contributed by atoms with E-state index in [-0.39, 0.29) is 0 Å². The zero-order valence-electron chi connectivity index (χ0n) is 10.9. The number of aromatic amines is 1. The Bertz CT molecular complexity index is 826. The van der Waals surface area contributed by atoms with Crippen LogP contribution in [-0.2, 0) is 0 Å². The van der Waals surface area contributed by atoms with Crippen LogP contribution >= 0.6 is 0 Å². The Balaban J connectivity index is 2.02. The van der Waals surface area contributed by atoms with Crippen LogP contribution in [0.1, 0.15) is 11.1 Å². The average Bonchev–Trinajstić information content (AvgIpc) is 2.80. The second-order valence-electron chi connectivity index (χ2n) is 4.60. The molecule has 0 atom stereocenters. The number of nitrogens with one attached hydrogen (secondary N) is 2. The Morgan fingerprint density at radius 3 is 2.95 bits per heavy atom. The molecule has 0 aliphatic heterocycles. The van der Waals surface area contributed by atoms with Crippen molar-refractivity contribution in [2.24, 2.45) is 0 Å². The lowest BCUT2D eigenvalue weighted by Gasteiger charge is -2.06. The SMILES string of the molecule is Cc1cccc(Nc2nc3ccc(N)cc3[nH]2)c1C#N. The number of imidazole rings is 1. The molecule has 0 radical (unpaired) electrons. The van der Waals surface area contributed by atoms with Crippen molar-refractivity contribution >= 4 is 28.4 Å². The minimum absolute atomic E-state index is 0.590. The van der Waals surface area contributed by atoms with Crippen LogP contribution in [0.3, 0.4) is 0 Å². The van der Waals surface area contributed by atoms with Crippen molar-refractivity contribution in [2.45, 2.75) is 6.92 Å². The molecule has 0 bridgehead atoms. The first-order valence-electron chi connectivity index (χ1n) is 6.19. The Labute approximate surface area is 116 Å². The lowest BCUT2D eigenvalue weighted by atomic mass is 10.1. The molecule has 98 valence electrons. The van der Waals surface area contributed by atoms with Gasteiger partial charge < -0.3 is 16.0 Å². The maximum absolute atomic E-state index is 9.22. The monoisotopic (exact) mass is 263 g/mol. The zero-order valence-corrected chi connectivity index (χ0v) is 10.9. The second kappa shape index (κ2) is 4.59. The Morgan fingerprint density at radius 1 is 1.30 bits per heavy atom. The predicted molar refractivity (Wildman–Crippen MR) is 79.7 cm³/mol. The summed E-state index contributed by atoms with van der Waals surface area (Å²) in [5.41, 5.74) is 10.4. The molecule has 0 saturated carbocycles. The van der Waals surface area contributed by atoms with Gasteiger partial charge in [-0.15, -0.1) is 0 Å². The van der Waals surface area contributed by atoms with Gasteiger partial charge in [0, 0.05) is 5.69 Å². The van der Waals surface area contributed by atoms with Crippen LogP contribution < -0.4 is 11.1 Å². The topological polar surface area (TPSA) is 90.5 Å². The molecule has 4 N–H and O–H groups in total. The second-order valence-corrected chi connectivity index (χ2v) is 4.60. The minimum Gasteiger partial charge on any atom is -0.399 e. The highest BCUT2D eigenvalue weighted by atomic mass is 15.1. The van der Waals surface area contributed by atoms with Gasteiger partial charge in [0.2, 0.25) is 5.95 Å². The number of hydrogen-bond donors (Lipinski definition) is 3. The molecule has 0 spiro atoms. The van der Waals surface area contributed by atoms with Gasteiger partial charge in [0.25, 0.3) is 0 Å². The number of hydrogen-bond acceptors (Lipinski definition) is 4. The van der Waals surface area contributed by atoms with Gasteiger partial charge in [-0.05, 0) is 36.8 Å². The highest BCUT2D eigenvalue weighted by Gasteiger charge is 2.08. The summed E-state index contributed by atoms with van der Waals surface area (Å²) in [5.74, 6) is 0.590. The summed E-state index contributed by atoms with van der Waals surface area (Å²) in [6.45, 7) is 1.91. The van der Waals surface area contributed by atoms with E-state index >= 15 is 0 Å². The highest BCUT2D eigenvalue weighted by Crippen LogP contribution is 2.23. The predicted octanol–water partition coefficient (Wildman–Crippen LogP) is 3.07. The number of rotatable bonds is 2. The highest BCUT2D eigenvalue weighted by molar-refractivity contribution is 5.81. The Morgan fingerprint density at radius 2 is 2.15 bits per heavy atom. The van der Waals surface area contributed by atoms with Gasteiger partial charge in [0.05, 0.1) is 22.3 Å². The largest absolute Gasteiger partial charge is 0.399 e. The van der Waals surface area contributed by atoms with Gasteiger partial charge in [0.1, 0.15) is 6.07 Å². The van der Waals surface area contributed by atoms with Crippen molar-refractivity contribution in [3.05, 3.63) is 47.5 Å². The summed E-state index contributed by atoms with van der Waals surface area (Å²) in [6.07, 6.45) is 0. The third kappa shape index (κ3) is 2.04. The van der Waals surface area contributed by atoms with E-state index in [1.807, 2.05) is 37.3 Å². The molecule has 1 heterocycles. The smallest absolute Gasteiger partial charge is 0.205 e. The molecule has 3 rings (SSSR count). The number of aryl methyl sites for hydroxylation is 1. The van der Waals surface area contributed by atoms with Gasteiger partial charge in [-0.1, -0.05) is 12.1 Å². The average molecular weight is 263 g/mol. The number of nitrogen functional groups attached to an aromatic ring is 1. The lowest BCUT2D eigenvalue weighted by molar-refractivity contribution is 1.29. The molecule has 0 saturated heterocycles. The van der Waals surface area contributed by atoms with Crippen LogP contribution in [0.5, 0.6) is 0 Å². The molecule has 0 amide bonds. The maximum Gasteiger partial charge on any atom is 0.205 e. The number of nitriles is 1. The summed E-state index contributed by atoms with van der Waals surface area (Å²) in [5, 5.41) is 12.4. The molecule has 0 aliphatic rings.